The molecular formula is C21H28N3O2+. The van der Waals surface area contributed by atoms with Gasteiger partial charge in [-0.1, -0.05) is 55.0 Å². The molecule has 2 aromatic rings. The number of hydrogen-bond donors (Lipinski definition) is 3. The van der Waals surface area contributed by atoms with Crippen LogP contribution >= 0.6 is 0 Å². The van der Waals surface area contributed by atoms with Crippen LogP contribution in [-0.2, 0) is 22.6 Å². The molecule has 0 aliphatic heterocycles. The number of carbonyl (C=O) groups is 2. The quantitative estimate of drug-likeness (QED) is 0.670. The molecule has 0 bridgehead atoms. The van der Waals surface area contributed by atoms with Crippen LogP contribution in [0.4, 0.5) is 5.69 Å². The van der Waals surface area contributed by atoms with Crippen molar-refractivity contribution in [3.8, 4) is 0 Å². The van der Waals surface area contributed by atoms with E-state index in [9.17, 15) is 9.59 Å². The van der Waals surface area contributed by atoms with Crippen LogP contribution in [0.3, 0.4) is 0 Å². The van der Waals surface area contributed by atoms with Gasteiger partial charge in [-0.2, -0.15) is 0 Å². The van der Waals surface area contributed by atoms with Crippen LogP contribution in [0, 0.1) is 6.92 Å². The summed E-state index contributed by atoms with van der Waals surface area (Å²) < 4.78 is 0. The lowest BCUT2D eigenvalue weighted by atomic mass is 10.1. The summed E-state index contributed by atoms with van der Waals surface area (Å²) in [6, 6.07) is 16.0. The summed E-state index contributed by atoms with van der Waals surface area (Å²) in [7, 11) is 1.97. The van der Waals surface area contributed by atoms with Crippen molar-refractivity contribution in [3.05, 3.63) is 65.2 Å². The van der Waals surface area contributed by atoms with Crippen LogP contribution < -0.4 is 15.5 Å². The molecule has 0 saturated heterocycles. The molecule has 2 rings (SSSR count). The predicted octanol–water partition coefficient (Wildman–Crippen LogP) is 1.33. The number of likely N-dealkylation sites (N-methyl/N-ethyl adjacent to an activating group) is 1. The van der Waals surface area contributed by atoms with Gasteiger partial charge in [-0.25, -0.2) is 0 Å². The molecule has 0 aliphatic rings. The molecule has 0 aliphatic carbocycles. The van der Waals surface area contributed by atoms with Crippen LogP contribution in [0.2, 0.25) is 0 Å². The first kappa shape index (κ1) is 19.7. The third kappa shape index (κ3) is 6.33. The molecule has 1 unspecified atom stereocenters. The number of benzene rings is 2. The molecule has 0 saturated carbocycles. The zero-order valence-corrected chi connectivity index (χ0v) is 15.8. The first-order chi connectivity index (χ1) is 12.5. The van der Waals surface area contributed by atoms with Crippen LogP contribution in [0.25, 0.3) is 0 Å². The smallest absolute Gasteiger partial charge is 0.275 e. The fraction of sp³-hybridized carbons (Fsp3) is 0.333. The van der Waals surface area contributed by atoms with Crippen molar-refractivity contribution in [3.63, 3.8) is 0 Å². The highest BCUT2D eigenvalue weighted by Gasteiger charge is 2.12. The van der Waals surface area contributed by atoms with Gasteiger partial charge in [0.2, 0.25) is 5.91 Å². The molecule has 1 atom stereocenters. The van der Waals surface area contributed by atoms with Crippen molar-refractivity contribution in [1.29, 1.82) is 0 Å². The lowest BCUT2D eigenvalue weighted by Crippen LogP contribution is -3.08. The lowest BCUT2D eigenvalue weighted by Gasteiger charge is -2.14. The summed E-state index contributed by atoms with van der Waals surface area (Å²) in [5.74, 6) is -0.344. The summed E-state index contributed by atoms with van der Waals surface area (Å²) in [5.41, 5.74) is 4.29. The van der Waals surface area contributed by atoms with Gasteiger partial charge in [-0.05, 0) is 25.0 Å². The van der Waals surface area contributed by atoms with Gasteiger partial charge in [0.25, 0.3) is 5.91 Å². The number of quaternary nitrogens is 1. The molecule has 26 heavy (non-hydrogen) atoms. The Kier molecular flexibility index (Phi) is 7.36. The summed E-state index contributed by atoms with van der Waals surface area (Å²) in [5, 5.41) is 5.55. The van der Waals surface area contributed by atoms with E-state index in [1.54, 1.807) is 0 Å². The van der Waals surface area contributed by atoms with Crippen LogP contribution in [0.15, 0.2) is 48.5 Å². The number of para-hydroxylation sites is 1. The summed E-state index contributed by atoms with van der Waals surface area (Å²) in [6.45, 7) is 5.17. The third-order valence-electron chi connectivity index (χ3n) is 4.21. The zero-order valence-electron chi connectivity index (χ0n) is 15.8. The minimum Gasteiger partial charge on any atom is -0.342 e. The van der Waals surface area contributed by atoms with Gasteiger partial charge >= 0.3 is 0 Å². The number of rotatable bonds is 8. The Labute approximate surface area is 155 Å². The molecule has 138 valence electrons. The first-order valence-corrected chi connectivity index (χ1v) is 8.99. The van der Waals surface area contributed by atoms with Crippen molar-refractivity contribution in [2.45, 2.75) is 26.8 Å². The molecule has 0 spiro atoms. The Morgan fingerprint density at radius 1 is 1.00 bits per heavy atom. The number of carbonyl (C=O) groups excluding carboxylic acids is 2. The zero-order chi connectivity index (χ0) is 18.9. The van der Waals surface area contributed by atoms with E-state index < -0.39 is 0 Å². The van der Waals surface area contributed by atoms with E-state index in [1.165, 1.54) is 11.1 Å². The molecule has 2 amide bonds. The molecule has 2 aromatic carbocycles. The molecule has 0 fully saturated rings. The van der Waals surface area contributed by atoms with E-state index in [2.05, 4.69) is 41.8 Å². The van der Waals surface area contributed by atoms with Crippen molar-refractivity contribution in [2.75, 3.05) is 25.5 Å². The highest BCUT2D eigenvalue weighted by Crippen LogP contribution is 2.14. The van der Waals surface area contributed by atoms with Gasteiger partial charge in [0.05, 0.1) is 13.6 Å². The molecule has 0 heterocycles. The van der Waals surface area contributed by atoms with Gasteiger partial charge in [-0.3, -0.25) is 9.59 Å². The second kappa shape index (κ2) is 9.73. The minimum atomic E-state index is -0.213. The third-order valence-corrected chi connectivity index (χ3v) is 4.21. The highest BCUT2D eigenvalue weighted by atomic mass is 16.2. The standard InChI is InChI=1S/C21H27N3O2/c1-4-18-7-5-6-8-19(18)23-20(25)13-22-21(26)15-24(3)14-17-11-9-16(2)10-12-17/h5-12H,4,13-15H2,1-3H3,(H,22,26)(H,23,25)/p+1. The highest BCUT2D eigenvalue weighted by molar-refractivity contribution is 5.95. The average Bonchev–Trinajstić information content (AvgIpc) is 2.62. The lowest BCUT2D eigenvalue weighted by molar-refractivity contribution is -0.885. The van der Waals surface area contributed by atoms with E-state index >= 15 is 0 Å². The number of anilines is 1. The van der Waals surface area contributed by atoms with E-state index in [-0.39, 0.29) is 18.4 Å². The van der Waals surface area contributed by atoms with Gasteiger partial charge < -0.3 is 15.5 Å². The Bertz CT molecular complexity index is 741. The van der Waals surface area contributed by atoms with E-state index in [4.69, 9.17) is 0 Å². The normalized spacial score (nSPS) is 11.7. The Hall–Kier alpha value is -2.66. The molecule has 5 heteroatoms. The van der Waals surface area contributed by atoms with Crippen molar-refractivity contribution < 1.29 is 14.5 Å². The summed E-state index contributed by atoms with van der Waals surface area (Å²) in [4.78, 5) is 25.2. The second-order valence-corrected chi connectivity index (χ2v) is 6.63. The van der Waals surface area contributed by atoms with Gasteiger partial charge in [-0.15, -0.1) is 0 Å². The van der Waals surface area contributed by atoms with Gasteiger partial charge in [0.15, 0.2) is 6.54 Å². The number of hydrogen-bond acceptors (Lipinski definition) is 2. The van der Waals surface area contributed by atoms with Crippen LogP contribution in [-0.4, -0.2) is 32.0 Å². The SMILES string of the molecule is CCc1ccccc1NC(=O)CNC(=O)C[NH+](C)Cc1ccc(C)cc1. The van der Waals surface area contributed by atoms with Crippen LogP contribution in [0.1, 0.15) is 23.6 Å². The van der Waals surface area contributed by atoms with Gasteiger partial charge in [0.1, 0.15) is 6.54 Å². The van der Waals surface area contributed by atoms with Crippen molar-refractivity contribution in [2.24, 2.45) is 0 Å². The Morgan fingerprint density at radius 2 is 1.69 bits per heavy atom. The minimum absolute atomic E-state index is 0.0192. The van der Waals surface area contributed by atoms with Gasteiger partial charge in [0, 0.05) is 11.3 Å². The molecule has 3 N–H and O–H groups in total. The largest absolute Gasteiger partial charge is 0.342 e. The molecule has 0 radical (unpaired) electrons. The maximum atomic E-state index is 12.1. The number of aryl methyl sites for hydroxylation is 2. The molecule has 5 nitrogen and oxygen atoms in total. The van der Waals surface area contributed by atoms with E-state index in [1.807, 2.05) is 38.2 Å². The maximum Gasteiger partial charge on any atom is 0.275 e. The topological polar surface area (TPSA) is 62.6 Å². The number of amides is 2. The predicted molar refractivity (Wildman–Crippen MR) is 104 cm³/mol. The Morgan fingerprint density at radius 3 is 2.38 bits per heavy atom. The maximum absolute atomic E-state index is 12.1. The van der Waals surface area contributed by atoms with E-state index in [0.29, 0.717) is 6.54 Å². The van der Waals surface area contributed by atoms with Crippen molar-refractivity contribution in [1.82, 2.24) is 5.32 Å². The van der Waals surface area contributed by atoms with Crippen molar-refractivity contribution >= 4 is 17.5 Å². The monoisotopic (exact) mass is 354 g/mol. The second-order valence-electron chi connectivity index (χ2n) is 6.63. The average molecular weight is 354 g/mol. The Balaban J connectivity index is 1.75. The summed E-state index contributed by atoms with van der Waals surface area (Å²) >= 11 is 0. The molecule has 0 aromatic heterocycles. The molecular weight excluding hydrogens is 326 g/mol. The van der Waals surface area contributed by atoms with E-state index in [0.717, 1.165) is 29.1 Å². The summed E-state index contributed by atoms with van der Waals surface area (Å²) in [6.07, 6.45) is 0.843. The first-order valence-electron chi connectivity index (χ1n) is 8.99. The fourth-order valence-electron chi connectivity index (χ4n) is 2.78. The fourth-order valence-corrected chi connectivity index (χ4v) is 2.78. The number of nitrogens with one attached hydrogen (secondary N) is 3. The van der Waals surface area contributed by atoms with Crippen LogP contribution in [0.5, 0.6) is 0 Å².